The number of fused-ring (bicyclic) bond motifs is 1. The Hall–Kier alpha value is -2.16. The number of anilines is 1. The van der Waals surface area contributed by atoms with Crippen LogP contribution in [0, 0.1) is 5.92 Å². The fourth-order valence-corrected chi connectivity index (χ4v) is 5.11. The second-order valence-electron chi connectivity index (χ2n) is 6.67. The molecule has 0 saturated heterocycles. The molecule has 1 heterocycles. The van der Waals surface area contributed by atoms with Crippen LogP contribution in [0.4, 0.5) is 5.00 Å². The highest BCUT2D eigenvalue weighted by atomic mass is 35.5. The monoisotopic (exact) mass is 437 g/mol. The van der Waals surface area contributed by atoms with Crippen molar-refractivity contribution in [1.82, 2.24) is 5.32 Å². The Morgan fingerprint density at radius 3 is 2.82 bits per heavy atom. The number of thiocarbonyl (C=S) groups is 1. The third kappa shape index (κ3) is 4.29. The third-order valence-electron chi connectivity index (χ3n) is 4.62. The van der Waals surface area contributed by atoms with Crippen LogP contribution in [-0.2, 0) is 12.8 Å². The molecule has 0 bridgehead atoms. The van der Waals surface area contributed by atoms with Crippen molar-refractivity contribution in [2.75, 3.05) is 12.4 Å². The number of rotatable bonds is 4. The third-order valence-corrected chi connectivity index (χ3v) is 6.23. The van der Waals surface area contributed by atoms with Gasteiger partial charge in [-0.3, -0.25) is 14.9 Å². The molecule has 1 aliphatic rings. The van der Waals surface area contributed by atoms with Crippen molar-refractivity contribution < 1.29 is 14.3 Å². The zero-order chi connectivity index (χ0) is 20.4. The van der Waals surface area contributed by atoms with Crippen molar-refractivity contribution in [2.45, 2.75) is 26.2 Å². The van der Waals surface area contributed by atoms with Gasteiger partial charge in [-0.15, -0.1) is 11.3 Å². The van der Waals surface area contributed by atoms with Gasteiger partial charge in [-0.1, -0.05) is 18.5 Å². The van der Waals surface area contributed by atoms with E-state index in [1.807, 2.05) is 0 Å². The number of hydrogen-bond acceptors (Lipinski definition) is 5. The molecule has 0 spiro atoms. The first-order valence-corrected chi connectivity index (χ1v) is 10.3. The van der Waals surface area contributed by atoms with Gasteiger partial charge in [0.25, 0.3) is 11.8 Å². The number of benzene rings is 1. The highest BCUT2D eigenvalue weighted by molar-refractivity contribution is 7.80. The Labute approximate surface area is 177 Å². The lowest BCUT2D eigenvalue weighted by Gasteiger charge is -2.18. The van der Waals surface area contributed by atoms with Gasteiger partial charge in [0.2, 0.25) is 0 Å². The topological polar surface area (TPSA) is 93.4 Å². The van der Waals surface area contributed by atoms with E-state index in [4.69, 9.17) is 34.3 Å². The van der Waals surface area contributed by atoms with E-state index >= 15 is 0 Å². The van der Waals surface area contributed by atoms with E-state index in [0.717, 1.165) is 29.7 Å². The lowest BCUT2D eigenvalue weighted by atomic mass is 9.88. The Morgan fingerprint density at radius 2 is 2.14 bits per heavy atom. The number of carbonyl (C=O) groups excluding carboxylic acids is 2. The standard InChI is InChI=1S/C19H20ClN3O3S2/c1-9-3-5-11-14(7-9)28-18(15(11)16(21)24)23-19(27)22-17(25)12-8-10(20)4-6-13(12)26-2/h4,6,8-9H,3,5,7H2,1-2H3,(H2,21,24)(H2,22,23,25,27)/t9-/m1/s1. The van der Waals surface area contributed by atoms with Crippen LogP contribution in [0.15, 0.2) is 18.2 Å². The molecule has 1 aromatic heterocycles. The summed E-state index contributed by atoms with van der Waals surface area (Å²) in [5, 5.41) is 6.60. The van der Waals surface area contributed by atoms with Crippen LogP contribution in [0.25, 0.3) is 0 Å². The van der Waals surface area contributed by atoms with Crippen molar-refractivity contribution in [1.29, 1.82) is 0 Å². The molecule has 148 valence electrons. The minimum absolute atomic E-state index is 0.0705. The second-order valence-corrected chi connectivity index (χ2v) is 8.62. The molecule has 0 radical (unpaired) electrons. The number of nitrogens with two attached hydrogens (primary N) is 1. The number of amides is 2. The number of halogens is 1. The van der Waals surface area contributed by atoms with Gasteiger partial charge in [0, 0.05) is 9.90 Å². The smallest absolute Gasteiger partial charge is 0.261 e. The first-order chi connectivity index (χ1) is 13.3. The lowest BCUT2D eigenvalue weighted by molar-refractivity contribution is 0.0972. The number of hydrogen-bond donors (Lipinski definition) is 3. The summed E-state index contributed by atoms with van der Waals surface area (Å²) in [7, 11) is 1.47. The zero-order valence-corrected chi connectivity index (χ0v) is 17.8. The summed E-state index contributed by atoms with van der Waals surface area (Å²) in [5.41, 5.74) is 7.32. The van der Waals surface area contributed by atoms with Crippen LogP contribution in [0.1, 0.15) is 44.5 Å². The molecule has 0 saturated carbocycles. The quantitative estimate of drug-likeness (QED) is 0.633. The molecular weight excluding hydrogens is 418 g/mol. The maximum atomic E-state index is 12.6. The lowest BCUT2D eigenvalue weighted by Crippen LogP contribution is -2.34. The van der Waals surface area contributed by atoms with Crippen molar-refractivity contribution >= 4 is 57.1 Å². The molecule has 0 fully saturated rings. The van der Waals surface area contributed by atoms with Crippen LogP contribution in [0.2, 0.25) is 5.02 Å². The predicted octanol–water partition coefficient (Wildman–Crippen LogP) is 3.76. The van der Waals surface area contributed by atoms with Crippen LogP contribution >= 0.6 is 35.2 Å². The Balaban J connectivity index is 1.80. The van der Waals surface area contributed by atoms with Crippen LogP contribution < -0.4 is 21.1 Å². The summed E-state index contributed by atoms with van der Waals surface area (Å²) < 4.78 is 5.19. The van der Waals surface area contributed by atoms with Gasteiger partial charge < -0.3 is 15.8 Å². The Morgan fingerprint density at radius 1 is 1.39 bits per heavy atom. The average molecular weight is 438 g/mol. The SMILES string of the molecule is COc1ccc(Cl)cc1C(=O)NC(=S)Nc1sc2c(c1C(N)=O)CC[C@@H](C)C2. The van der Waals surface area contributed by atoms with Crippen molar-refractivity contribution in [3.8, 4) is 5.75 Å². The van der Waals surface area contributed by atoms with Gasteiger partial charge in [0.05, 0.1) is 18.2 Å². The Kier molecular flexibility index (Phi) is 6.22. The molecule has 2 aromatic rings. The van der Waals surface area contributed by atoms with Crippen molar-refractivity contribution in [2.24, 2.45) is 11.7 Å². The molecule has 2 amide bonds. The molecule has 1 aliphatic carbocycles. The maximum absolute atomic E-state index is 12.6. The summed E-state index contributed by atoms with van der Waals surface area (Å²) in [6.07, 6.45) is 2.73. The summed E-state index contributed by atoms with van der Waals surface area (Å²) in [6, 6.07) is 4.73. The number of thiophene rings is 1. The molecule has 1 atom stereocenters. The van der Waals surface area contributed by atoms with E-state index < -0.39 is 11.8 Å². The summed E-state index contributed by atoms with van der Waals surface area (Å²) in [5.74, 6) is -0.0302. The molecule has 1 aromatic carbocycles. The first-order valence-electron chi connectivity index (χ1n) is 8.70. The molecule has 0 aliphatic heterocycles. The van der Waals surface area contributed by atoms with Gasteiger partial charge in [-0.25, -0.2) is 0 Å². The Bertz CT molecular complexity index is 958. The molecule has 28 heavy (non-hydrogen) atoms. The molecule has 0 unspecified atom stereocenters. The fraction of sp³-hybridized carbons (Fsp3) is 0.316. The number of ether oxygens (including phenoxy) is 1. The predicted molar refractivity (Wildman–Crippen MR) is 116 cm³/mol. The van der Waals surface area contributed by atoms with Gasteiger partial charge >= 0.3 is 0 Å². The van der Waals surface area contributed by atoms with Gasteiger partial charge in [-0.05, 0) is 61.2 Å². The highest BCUT2D eigenvalue weighted by Gasteiger charge is 2.27. The van der Waals surface area contributed by atoms with Crippen LogP contribution in [0.5, 0.6) is 5.75 Å². The van der Waals surface area contributed by atoms with Crippen LogP contribution in [0.3, 0.4) is 0 Å². The van der Waals surface area contributed by atoms with Gasteiger partial charge in [0.15, 0.2) is 5.11 Å². The number of carbonyl (C=O) groups is 2. The molecule has 3 rings (SSSR count). The average Bonchev–Trinajstić information content (AvgIpc) is 2.98. The highest BCUT2D eigenvalue weighted by Crippen LogP contribution is 2.39. The van der Waals surface area contributed by atoms with E-state index in [-0.39, 0.29) is 10.7 Å². The van der Waals surface area contributed by atoms with E-state index in [2.05, 4.69) is 17.6 Å². The summed E-state index contributed by atoms with van der Waals surface area (Å²) in [6.45, 7) is 2.18. The fourth-order valence-electron chi connectivity index (χ4n) is 3.26. The molecular formula is C19H20ClN3O3S2. The second kappa shape index (κ2) is 8.46. The first kappa shape index (κ1) is 20.6. The normalized spacial score (nSPS) is 15.5. The minimum Gasteiger partial charge on any atom is -0.496 e. The molecule has 9 heteroatoms. The van der Waals surface area contributed by atoms with Gasteiger partial charge in [0.1, 0.15) is 10.8 Å². The largest absolute Gasteiger partial charge is 0.496 e. The summed E-state index contributed by atoms with van der Waals surface area (Å²) in [4.78, 5) is 25.7. The van der Waals surface area contributed by atoms with E-state index in [0.29, 0.717) is 27.3 Å². The van der Waals surface area contributed by atoms with Crippen molar-refractivity contribution in [3.63, 3.8) is 0 Å². The minimum atomic E-state index is -0.500. The van der Waals surface area contributed by atoms with Crippen molar-refractivity contribution in [3.05, 3.63) is 44.8 Å². The van der Waals surface area contributed by atoms with E-state index in [1.165, 1.54) is 24.5 Å². The van der Waals surface area contributed by atoms with Gasteiger partial charge in [-0.2, -0.15) is 0 Å². The number of primary amides is 1. The van der Waals surface area contributed by atoms with E-state index in [9.17, 15) is 9.59 Å². The maximum Gasteiger partial charge on any atom is 0.261 e. The number of methoxy groups -OCH3 is 1. The molecule has 6 nitrogen and oxygen atoms in total. The van der Waals surface area contributed by atoms with Crippen LogP contribution in [-0.4, -0.2) is 24.0 Å². The summed E-state index contributed by atoms with van der Waals surface area (Å²) >= 11 is 12.7. The number of nitrogens with one attached hydrogen (secondary N) is 2. The molecule has 4 N–H and O–H groups in total. The van der Waals surface area contributed by atoms with E-state index in [1.54, 1.807) is 12.1 Å². The zero-order valence-electron chi connectivity index (χ0n) is 15.4.